The van der Waals surface area contributed by atoms with Gasteiger partial charge in [0.25, 0.3) is 0 Å². The van der Waals surface area contributed by atoms with Crippen molar-refractivity contribution in [2.45, 2.75) is 64.8 Å². The van der Waals surface area contributed by atoms with Crippen LogP contribution in [0.2, 0.25) is 0 Å². The molecule has 0 atom stereocenters. The number of hydrogen-bond donors (Lipinski definition) is 2. The highest BCUT2D eigenvalue weighted by Gasteiger charge is 2.18. The van der Waals surface area contributed by atoms with E-state index in [0.29, 0.717) is 6.04 Å². The Labute approximate surface area is 145 Å². The first-order chi connectivity index (χ1) is 11.4. The lowest BCUT2D eigenvalue weighted by molar-refractivity contribution is 0.592. The first kappa shape index (κ1) is 16.7. The molecule has 2 N–H and O–H groups in total. The second-order valence-corrected chi connectivity index (χ2v) is 7.73. The predicted octanol–water partition coefficient (Wildman–Crippen LogP) is 5.18. The van der Waals surface area contributed by atoms with Crippen molar-refractivity contribution in [2.24, 2.45) is 0 Å². The number of benzene rings is 1. The van der Waals surface area contributed by atoms with Gasteiger partial charge in [0.05, 0.1) is 0 Å². The molecular formula is C20H28N4. The van der Waals surface area contributed by atoms with E-state index in [2.05, 4.69) is 65.6 Å². The minimum Gasteiger partial charge on any atom is -0.367 e. The lowest BCUT2D eigenvalue weighted by atomic mass is 9.86. The molecule has 0 saturated heterocycles. The van der Waals surface area contributed by atoms with Crippen LogP contribution in [0.25, 0.3) is 0 Å². The van der Waals surface area contributed by atoms with E-state index in [4.69, 9.17) is 0 Å². The van der Waals surface area contributed by atoms with Crippen molar-refractivity contribution in [2.75, 3.05) is 10.6 Å². The van der Waals surface area contributed by atoms with Crippen LogP contribution in [-0.4, -0.2) is 16.0 Å². The van der Waals surface area contributed by atoms with Crippen LogP contribution in [0, 0.1) is 6.92 Å². The maximum atomic E-state index is 4.56. The van der Waals surface area contributed by atoms with Crippen molar-refractivity contribution < 1.29 is 0 Å². The number of para-hydroxylation sites is 1. The highest BCUT2D eigenvalue weighted by molar-refractivity contribution is 5.64. The lowest BCUT2D eigenvalue weighted by Crippen LogP contribution is -2.17. The molecule has 0 aliphatic heterocycles. The van der Waals surface area contributed by atoms with Gasteiger partial charge in [-0.05, 0) is 36.8 Å². The van der Waals surface area contributed by atoms with Crippen LogP contribution >= 0.6 is 0 Å². The molecule has 1 heterocycles. The van der Waals surface area contributed by atoms with E-state index in [9.17, 15) is 0 Å². The number of aryl methyl sites for hydroxylation is 1. The van der Waals surface area contributed by atoms with Crippen LogP contribution in [0.3, 0.4) is 0 Å². The fraction of sp³-hybridized carbons (Fsp3) is 0.500. The second kappa shape index (κ2) is 6.80. The van der Waals surface area contributed by atoms with E-state index in [-0.39, 0.29) is 5.41 Å². The highest BCUT2D eigenvalue weighted by atomic mass is 15.1. The summed E-state index contributed by atoms with van der Waals surface area (Å²) in [7, 11) is 0. The van der Waals surface area contributed by atoms with E-state index >= 15 is 0 Å². The van der Waals surface area contributed by atoms with Gasteiger partial charge in [0.15, 0.2) is 0 Å². The Morgan fingerprint density at radius 1 is 1.00 bits per heavy atom. The summed E-state index contributed by atoms with van der Waals surface area (Å²) in [6, 6.07) is 11.0. The Morgan fingerprint density at radius 2 is 1.67 bits per heavy atom. The molecule has 0 bridgehead atoms. The molecule has 1 aliphatic carbocycles. The third-order valence-electron chi connectivity index (χ3n) is 4.54. The standard InChI is InChI=1S/C20H28N4/c1-14-21-18(23-15-9-5-6-10-15)13-19(22-14)24-17-12-8-7-11-16(17)20(2,3)4/h7-8,11-13,15H,5-6,9-10H2,1-4H3,(H2,21,22,23,24). The normalized spacial score (nSPS) is 15.5. The van der Waals surface area contributed by atoms with Gasteiger partial charge in [0.2, 0.25) is 0 Å². The van der Waals surface area contributed by atoms with E-state index < -0.39 is 0 Å². The number of anilines is 3. The number of aromatic nitrogens is 2. The molecule has 4 heteroatoms. The van der Waals surface area contributed by atoms with Crippen LogP contribution < -0.4 is 10.6 Å². The van der Waals surface area contributed by atoms with Crippen LogP contribution in [0.4, 0.5) is 17.3 Å². The van der Waals surface area contributed by atoms with Gasteiger partial charge >= 0.3 is 0 Å². The first-order valence-corrected chi connectivity index (χ1v) is 8.90. The average Bonchev–Trinajstić information content (AvgIpc) is 2.99. The smallest absolute Gasteiger partial charge is 0.136 e. The van der Waals surface area contributed by atoms with Gasteiger partial charge < -0.3 is 10.6 Å². The summed E-state index contributed by atoms with van der Waals surface area (Å²) in [5, 5.41) is 7.06. The summed E-state index contributed by atoms with van der Waals surface area (Å²) in [6.45, 7) is 8.63. The van der Waals surface area contributed by atoms with E-state index in [1.807, 2.05) is 13.0 Å². The summed E-state index contributed by atoms with van der Waals surface area (Å²) < 4.78 is 0. The van der Waals surface area contributed by atoms with Gasteiger partial charge in [-0.15, -0.1) is 0 Å². The number of nitrogens with one attached hydrogen (secondary N) is 2. The summed E-state index contributed by atoms with van der Waals surface area (Å²) in [4.78, 5) is 9.11. The average molecular weight is 324 g/mol. The topological polar surface area (TPSA) is 49.8 Å². The number of hydrogen-bond acceptors (Lipinski definition) is 4. The zero-order valence-electron chi connectivity index (χ0n) is 15.2. The molecule has 128 valence electrons. The Kier molecular flexibility index (Phi) is 4.74. The minimum atomic E-state index is 0.0800. The molecule has 4 nitrogen and oxygen atoms in total. The van der Waals surface area contributed by atoms with E-state index in [1.165, 1.54) is 31.2 Å². The molecule has 2 aromatic rings. The Hall–Kier alpha value is -2.10. The largest absolute Gasteiger partial charge is 0.367 e. The summed E-state index contributed by atoms with van der Waals surface area (Å²) >= 11 is 0. The molecular weight excluding hydrogens is 296 g/mol. The van der Waals surface area contributed by atoms with Gasteiger partial charge in [-0.25, -0.2) is 9.97 Å². The summed E-state index contributed by atoms with van der Waals surface area (Å²) in [5.41, 5.74) is 2.47. The number of nitrogens with zero attached hydrogens (tertiary/aromatic N) is 2. The maximum absolute atomic E-state index is 4.56. The minimum absolute atomic E-state index is 0.0800. The van der Waals surface area contributed by atoms with Gasteiger partial charge in [-0.1, -0.05) is 51.8 Å². The summed E-state index contributed by atoms with van der Waals surface area (Å²) in [5.74, 6) is 2.55. The molecule has 0 spiro atoms. The predicted molar refractivity (Wildman–Crippen MR) is 101 cm³/mol. The van der Waals surface area contributed by atoms with Crippen molar-refractivity contribution in [3.8, 4) is 0 Å². The van der Waals surface area contributed by atoms with E-state index in [1.54, 1.807) is 0 Å². The molecule has 1 saturated carbocycles. The van der Waals surface area contributed by atoms with Crippen molar-refractivity contribution in [3.05, 3.63) is 41.7 Å². The van der Waals surface area contributed by atoms with Crippen LogP contribution in [0.15, 0.2) is 30.3 Å². The molecule has 0 amide bonds. The van der Waals surface area contributed by atoms with Gasteiger partial charge in [-0.2, -0.15) is 0 Å². The first-order valence-electron chi connectivity index (χ1n) is 8.90. The van der Waals surface area contributed by atoms with Gasteiger partial charge in [-0.3, -0.25) is 0 Å². The quantitative estimate of drug-likeness (QED) is 0.813. The van der Waals surface area contributed by atoms with Crippen molar-refractivity contribution >= 4 is 17.3 Å². The van der Waals surface area contributed by atoms with Gasteiger partial charge in [0, 0.05) is 17.8 Å². The molecule has 1 aromatic carbocycles. The molecule has 3 rings (SSSR count). The van der Waals surface area contributed by atoms with E-state index in [0.717, 1.165) is 23.1 Å². The van der Waals surface area contributed by atoms with Crippen molar-refractivity contribution in [3.63, 3.8) is 0 Å². The Morgan fingerprint density at radius 3 is 2.38 bits per heavy atom. The second-order valence-electron chi connectivity index (χ2n) is 7.73. The third-order valence-corrected chi connectivity index (χ3v) is 4.54. The van der Waals surface area contributed by atoms with Crippen LogP contribution in [0.1, 0.15) is 57.8 Å². The van der Waals surface area contributed by atoms with Gasteiger partial charge in [0.1, 0.15) is 17.5 Å². The zero-order chi connectivity index (χ0) is 17.2. The molecule has 0 radical (unpaired) electrons. The third kappa shape index (κ3) is 4.05. The Bertz CT molecular complexity index is 697. The van der Waals surface area contributed by atoms with Crippen LogP contribution in [-0.2, 0) is 5.41 Å². The van der Waals surface area contributed by atoms with Crippen LogP contribution in [0.5, 0.6) is 0 Å². The molecule has 1 aromatic heterocycles. The summed E-state index contributed by atoms with van der Waals surface area (Å²) in [6.07, 6.45) is 5.09. The molecule has 0 unspecified atom stereocenters. The monoisotopic (exact) mass is 324 g/mol. The lowest BCUT2D eigenvalue weighted by Gasteiger charge is -2.23. The van der Waals surface area contributed by atoms with Crippen molar-refractivity contribution in [1.29, 1.82) is 0 Å². The molecule has 1 aliphatic rings. The van der Waals surface area contributed by atoms with Crippen molar-refractivity contribution in [1.82, 2.24) is 9.97 Å². The maximum Gasteiger partial charge on any atom is 0.136 e. The highest BCUT2D eigenvalue weighted by Crippen LogP contribution is 2.31. The zero-order valence-corrected chi connectivity index (χ0v) is 15.2. The SMILES string of the molecule is Cc1nc(Nc2ccccc2C(C)(C)C)cc(NC2CCCC2)n1. The Balaban J connectivity index is 1.84. The fourth-order valence-corrected chi connectivity index (χ4v) is 3.37. The number of rotatable bonds is 4. The fourth-order valence-electron chi connectivity index (χ4n) is 3.37. The molecule has 1 fully saturated rings. The molecule has 24 heavy (non-hydrogen) atoms.